The average molecular weight is 377 g/mol. The maximum absolute atomic E-state index is 12.4. The maximum atomic E-state index is 12.4. The Hall–Kier alpha value is -2.19. The minimum atomic E-state index is -0.351. The van der Waals surface area contributed by atoms with E-state index in [1.807, 2.05) is 26.8 Å². The number of rotatable bonds is 7. The van der Waals surface area contributed by atoms with Gasteiger partial charge in [0.25, 0.3) is 5.91 Å². The number of hydrogen-bond donors (Lipinski definition) is 1. The summed E-state index contributed by atoms with van der Waals surface area (Å²) in [5.74, 6) is 0.610. The predicted octanol–water partition coefficient (Wildman–Crippen LogP) is 4.49. The van der Waals surface area contributed by atoms with Crippen molar-refractivity contribution in [3.63, 3.8) is 0 Å². The van der Waals surface area contributed by atoms with Crippen molar-refractivity contribution >= 4 is 23.6 Å². The van der Waals surface area contributed by atoms with Crippen LogP contribution in [0.15, 0.2) is 17.7 Å². The highest BCUT2D eigenvalue weighted by atomic mass is 35.5. The molecule has 1 aromatic carbocycles. The molecule has 0 bridgehead atoms. The molecule has 1 aliphatic carbocycles. The molecule has 1 fully saturated rings. The molecular weight excluding hydrogens is 352 g/mol. The fraction of sp³-hybridized carbons (Fsp3) is 0.500. The number of benzene rings is 1. The van der Waals surface area contributed by atoms with Gasteiger partial charge in [-0.25, -0.2) is 0 Å². The monoisotopic (exact) mass is 376 g/mol. The molecule has 0 atom stereocenters. The van der Waals surface area contributed by atoms with Gasteiger partial charge in [-0.15, -0.1) is 0 Å². The lowest BCUT2D eigenvalue weighted by Gasteiger charge is -2.17. The summed E-state index contributed by atoms with van der Waals surface area (Å²) in [5, 5.41) is 12.7. The number of nitrogens with one attached hydrogen (secondary N) is 1. The van der Waals surface area contributed by atoms with Crippen LogP contribution in [0.25, 0.3) is 6.08 Å². The quantitative estimate of drug-likeness (QED) is 0.562. The summed E-state index contributed by atoms with van der Waals surface area (Å²) in [6.45, 7) is 6.12. The first-order valence-corrected chi connectivity index (χ1v) is 9.38. The largest absolute Gasteiger partial charge is 0.490 e. The van der Waals surface area contributed by atoms with Crippen molar-refractivity contribution in [1.29, 1.82) is 5.26 Å². The van der Waals surface area contributed by atoms with Gasteiger partial charge in [-0.1, -0.05) is 24.4 Å². The van der Waals surface area contributed by atoms with Gasteiger partial charge in [-0.05, 0) is 57.4 Å². The molecule has 0 radical (unpaired) electrons. The van der Waals surface area contributed by atoms with Gasteiger partial charge in [0.05, 0.1) is 17.7 Å². The van der Waals surface area contributed by atoms with Gasteiger partial charge in [0, 0.05) is 6.04 Å². The highest BCUT2D eigenvalue weighted by molar-refractivity contribution is 6.32. The smallest absolute Gasteiger partial charge is 0.262 e. The Morgan fingerprint density at radius 3 is 2.69 bits per heavy atom. The SMILES string of the molecule is CCOc1cc(/C=C(/C#N)C(=O)NC2CCCC2)cc(Cl)c1OC(C)C. The zero-order valence-corrected chi connectivity index (χ0v) is 16.2. The van der Waals surface area contributed by atoms with E-state index in [1.54, 1.807) is 12.1 Å². The standard InChI is InChI=1S/C20H25ClN2O3/c1-4-25-18-11-14(10-17(21)19(18)26-13(2)3)9-15(12-22)20(24)23-16-7-5-6-8-16/h9-11,13,16H,4-8H2,1-3H3,(H,23,24)/b15-9-. The molecule has 0 unspecified atom stereocenters. The van der Waals surface area contributed by atoms with Crippen molar-refractivity contribution in [2.75, 3.05) is 6.61 Å². The molecule has 0 saturated heterocycles. The normalized spacial score (nSPS) is 15.0. The number of ether oxygens (including phenoxy) is 2. The summed E-state index contributed by atoms with van der Waals surface area (Å²) >= 11 is 6.34. The van der Waals surface area contributed by atoms with Crippen molar-refractivity contribution in [3.8, 4) is 17.6 Å². The molecule has 1 N–H and O–H groups in total. The lowest BCUT2D eigenvalue weighted by molar-refractivity contribution is -0.117. The summed E-state index contributed by atoms with van der Waals surface area (Å²) in [6.07, 6.45) is 5.62. The van der Waals surface area contributed by atoms with Crippen molar-refractivity contribution in [2.45, 2.75) is 58.6 Å². The summed E-state index contributed by atoms with van der Waals surface area (Å²) in [6, 6.07) is 5.53. The van der Waals surface area contributed by atoms with Gasteiger partial charge < -0.3 is 14.8 Å². The molecule has 0 heterocycles. The predicted molar refractivity (Wildman–Crippen MR) is 102 cm³/mol. The number of nitrogens with zero attached hydrogens (tertiary/aromatic N) is 1. The molecule has 0 aromatic heterocycles. The minimum Gasteiger partial charge on any atom is -0.490 e. The Morgan fingerprint density at radius 1 is 1.42 bits per heavy atom. The Bertz CT molecular complexity index is 717. The lowest BCUT2D eigenvalue weighted by atomic mass is 10.1. The van der Waals surface area contributed by atoms with Crippen LogP contribution in [-0.4, -0.2) is 24.7 Å². The summed E-state index contributed by atoms with van der Waals surface area (Å²) < 4.78 is 11.3. The molecule has 1 amide bonds. The van der Waals surface area contributed by atoms with Crippen LogP contribution in [-0.2, 0) is 4.79 Å². The van der Waals surface area contributed by atoms with Gasteiger partial charge in [-0.3, -0.25) is 4.79 Å². The van der Waals surface area contributed by atoms with E-state index in [0.717, 1.165) is 25.7 Å². The molecule has 26 heavy (non-hydrogen) atoms. The van der Waals surface area contributed by atoms with Crippen LogP contribution in [0, 0.1) is 11.3 Å². The van der Waals surface area contributed by atoms with Crippen LogP contribution >= 0.6 is 11.6 Å². The van der Waals surface area contributed by atoms with Crippen molar-refractivity contribution < 1.29 is 14.3 Å². The van der Waals surface area contributed by atoms with Crippen LogP contribution in [0.4, 0.5) is 0 Å². The van der Waals surface area contributed by atoms with Crippen LogP contribution in [0.2, 0.25) is 5.02 Å². The molecule has 140 valence electrons. The first-order chi connectivity index (χ1) is 12.4. The van der Waals surface area contributed by atoms with Gasteiger partial charge in [-0.2, -0.15) is 5.26 Å². The number of amides is 1. The second-order valence-electron chi connectivity index (χ2n) is 6.55. The van der Waals surface area contributed by atoms with E-state index in [-0.39, 0.29) is 23.6 Å². The third kappa shape index (κ3) is 5.40. The van der Waals surface area contributed by atoms with E-state index >= 15 is 0 Å². The van der Waals surface area contributed by atoms with E-state index in [1.165, 1.54) is 6.08 Å². The summed E-state index contributed by atoms with van der Waals surface area (Å²) in [7, 11) is 0. The summed E-state index contributed by atoms with van der Waals surface area (Å²) in [5.41, 5.74) is 0.667. The van der Waals surface area contributed by atoms with Crippen LogP contribution in [0.3, 0.4) is 0 Å². The third-order valence-electron chi connectivity index (χ3n) is 4.05. The zero-order valence-electron chi connectivity index (χ0n) is 15.5. The zero-order chi connectivity index (χ0) is 19.1. The van der Waals surface area contributed by atoms with E-state index in [4.69, 9.17) is 21.1 Å². The Morgan fingerprint density at radius 2 is 2.12 bits per heavy atom. The number of halogens is 1. The van der Waals surface area contributed by atoms with Gasteiger partial charge in [0.2, 0.25) is 0 Å². The number of nitriles is 1. The molecule has 1 aliphatic rings. The Balaban J connectivity index is 2.28. The topological polar surface area (TPSA) is 71.3 Å². The van der Waals surface area contributed by atoms with E-state index < -0.39 is 0 Å². The molecule has 0 spiro atoms. The highest BCUT2D eigenvalue weighted by Gasteiger charge is 2.20. The number of carbonyl (C=O) groups is 1. The van der Waals surface area contributed by atoms with Gasteiger partial charge in [0.1, 0.15) is 11.6 Å². The average Bonchev–Trinajstić information content (AvgIpc) is 3.08. The van der Waals surface area contributed by atoms with Crippen LogP contribution < -0.4 is 14.8 Å². The number of carbonyl (C=O) groups excluding carboxylic acids is 1. The fourth-order valence-electron chi connectivity index (χ4n) is 2.93. The van der Waals surface area contributed by atoms with Crippen molar-refractivity contribution in [2.24, 2.45) is 0 Å². The van der Waals surface area contributed by atoms with E-state index in [0.29, 0.717) is 28.7 Å². The number of hydrogen-bond acceptors (Lipinski definition) is 4. The van der Waals surface area contributed by atoms with Crippen LogP contribution in [0.5, 0.6) is 11.5 Å². The molecule has 2 rings (SSSR count). The molecule has 5 nitrogen and oxygen atoms in total. The van der Waals surface area contributed by atoms with Crippen molar-refractivity contribution in [3.05, 3.63) is 28.3 Å². The first-order valence-electron chi connectivity index (χ1n) is 9.00. The Kier molecular flexibility index (Phi) is 7.35. The molecule has 6 heteroatoms. The van der Waals surface area contributed by atoms with Gasteiger partial charge in [0.15, 0.2) is 11.5 Å². The Labute approximate surface area is 159 Å². The summed E-state index contributed by atoms with van der Waals surface area (Å²) in [4.78, 5) is 12.4. The fourth-order valence-corrected chi connectivity index (χ4v) is 3.20. The highest BCUT2D eigenvalue weighted by Crippen LogP contribution is 2.38. The van der Waals surface area contributed by atoms with Crippen molar-refractivity contribution in [1.82, 2.24) is 5.32 Å². The maximum Gasteiger partial charge on any atom is 0.262 e. The minimum absolute atomic E-state index is 0.0490. The lowest BCUT2D eigenvalue weighted by Crippen LogP contribution is -2.33. The second-order valence-corrected chi connectivity index (χ2v) is 6.96. The third-order valence-corrected chi connectivity index (χ3v) is 4.33. The molecule has 0 aliphatic heterocycles. The van der Waals surface area contributed by atoms with E-state index in [9.17, 15) is 10.1 Å². The van der Waals surface area contributed by atoms with Gasteiger partial charge >= 0.3 is 0 Å². The second kappa shape index (κ2) is 9.49. The first kappa shape index (κ1) is 20.1. The van der Waals surface area contributed by atoms with Crippen LogP contribution in [0.1, 0.15) is 52.0 Å². The van der Waals surface area contributed by atoms with E-state index in [2.05, 4.69) is 5.32 Å². The molecule has 1 aromatic rings. The molecular formula is C20H25ClN2O3. The molecule has 1 saturated carbocycles.